The molecule has 21 heavy (non-hydrogen) atoms. The number of piperidine rings is 1. The topological polar surface area (TPSA) is 52.7 Å². The highest BCUT2D eigenvalue weighted by Crippen LogP contribution is 2.22. The zero-order valence-corrected chi connectivity index (χ0v) is 14.6. The Morgan fingerprint density at radius 1 is 1.48 bits per heavy atom. The summed E-state index contributed by atoms with van der Waals surface area (Å²) in [5.41, 5.74) is 1.15. The molecule has 120 valence electrons. The monoisotopic (exact) mass is 331 g/mol. The van der Waals surface area contributed by atoms with E-state index in [4.69, 9.17) is 0 Å². The van der Waals surface area contributed by atoms with Crippen LogP contribution >= 0.6 is 11.3 Å². The molecule has 2 heterocycles. The van der Waals surface area contributed by atoms with E-state index in [1.807, 2.05) is 37.4 Å². The van der Waals surface area contributed by atoms with Gasteiger partial charge in [-0.25, -0.2) is 4.72 Å². The Hall–Kier alpha value is -0.470. The molecule has 0 amide bonds. The van der Waals surface area contributed by atoms with Gasteiger partial charge in [-0.3, -0.25) is 0 Å². The van der Waals surface area contributed by atoms with Crippen molar-refractivity contribution < 1.29 is 8.42 Å². The van der Waals surface area contributed by atoms with Gasteiger partial charge in [0.2, 0.25) is 0 Å². The van der Waals surface area contributed by atoms with Crippen molar-refractivity contribution in [3.05, 3.63) is 22.4 Å². The summed E-state index contributed by atoms with van der Waals surface area (Å²) in [5.74, 6) is 0. The van der Waals surface area contributed by atoms with Crippen LogP contribution in [0.15, 0.2) is 16.8 Å². The summed E-state index contributed by atoms with van der Waals surface area (Å²) in [6.45, 7) is 3.01. The first-order valence-corrected chi connectivity index (χ1v) is 9.75. The minimum Gasteiger partial charge on any atom is -0.301 e. The van der Waals surface area contributed by atoms with E-state index >= 15 is 0 Å². The summed E-state index contributed by atoms with van der Waals surface area (Å²) in [5, 5.41) is 4.09. The molecule has 1 aromatic heterocycles. The lowest BCUT2D eigenvalue weighted by atomic mass is 10.1. The molecule has 0 unspecified atom stereocenters. The van der Waals surface area contributed by atoms with Gasteiger partial charge in [-0.1, -0.05) is 6.42 Å². The molecule has 0 radical (unpaired) electrons. The van der Waals surface area contributed by atoms with Crippen LogP contribution in [0.25, 0.3) is 0 Å². The predicted octanol–water partition coefficient (Wildman–Crippen LogP) is 2.06. The Balaban J connectivity index is 2.02. The zero-order valence-electron chi connectivity index (χ0n) is 12.9. The van der Waals surface area contributed by atoms with Gasteiger partial charge in [0.1, 0.15) is 0 Å². The van der Waals surface area contributed by atoms with E-state index in [-0.39, 0.29) is 12.1 Å². The molecule has 1 saturated heterocycles. The van der Waals surface area contributed by atoms with Crippen LogP contribution in [-0.2, 0) is 10.2 Å². The van der Waals surface area contributed by atoms with E-state index in [1.165, 1.54) is 0 Å². The van der Waals surface area contributed by atoms with Gasteiger partial charge >= 0.3 is 0 Å². The first kappa shape index (κ1) is 16.9. The first-order chi connectivity index (χ1) is 9.92. The van der Waals surface area contributed by atoms with Gasteiger partial charge in [0.25, 0.3) is 10.2 Å². The molecule has 0 saturated carbocycles. The number of rotatable bonds is 6. The summed E-state index contributed by atoms with van der Waals surface area (Å²) >= 11 is 1.63. The number of hydrogen-bond donors (Lipinski definition) is 1. The van der Waals surface area contributed by atoms with Crippen molar-refractivity contribution >= 4 is 21.5 Å². The average Bonchev–Trinajstić information content (AvgIpc) is 2.92. The second kappa shape index (κ2) is 7.19. The molecule has 2 rings (SSSR count). The third kappa shape index (κ3) is 4.26. The summed E-state index contributed by atoms with van der Waals surface area (Å²) in [6.07, 6.45) is 3.01. The molecule has 1 aromatic rings. The molecule has 1 aliphatic rings. The maximum Gasteiger partial charge on any atom is 0.279 e. The molecule has 5 nitrogen and oxygen atoms in total. The van der Waals surface area contributed by atoms with Crippen LogP contribution in [0.4, 0.5) is 0 Å². The van der Waals surface area contributed by atoms with E-state index in [9.17, 15) is 8.42 Å². The maximum absolute atomic E-state index is 12.5. The fraction of sp³-hybridized carbons (Fsp3) is 0.714. The molecule has 0 aliphatic carbocycles. The van der Waals surface area contributed by atoms with Crippen LogP contribution < -0.4 is 4.72 Å². The number of likely N-dealkylation sites (N-methyl/N-ethyl adjacent to an activating group) is 1. The lowest BCUT2D eigenvalue weighted by molar-refractivity contribution is 0.259. The molecular formula is C14H25N3O2S2. The first-order valence-electron chi connectivity index (χ1n) is 7.37. The largest absolute Gasteiger partial charge is 0.301 e. The Morgan fingerprint density at radius 3 is 2.81 bits per heavy atom. The van der Waals surface area contributed by atoms with Crippen molar-refractivity contribution in [2.24, 2.45) is 0 Å². The van der Waals surface area contributed by atoms with Crippen LogP contribution in [-0.4, -0.2) is 50.8 Å². The van der Waals surface area contributed by atoms with E-state index in [1.54, 1.807) is 15.6 Å². The highest BCUT2D eigenvalue weighted by molar-refractivity contribution is 7.87. The predicted molar refractivity (Wildman–Crippen MR) is 87.7 cm³/mol. The van der Waals surface area contributed by atoms with E-state index in [0.29, 0.717) is 13.1 Å². The second-order valence-corrected chi connectivity index (χ2v) is 8.33. The summed E-state index contributed by atoms with van der Waals surface area (Å²) in [7, 11) is 0.553. The molecule has 1 fully saturated rings. The second-order valence-electron chi connectivity index (χ2n) is 5.85. The Kier molecular flexibility index (Phi) is 5.79. The van der Waals surface area contributed by atoms with Crippen molar-refractivity contribution in [3.63, 3.8) is 0 Å². The van der Waals surface area contributed by atoms with E-state index in [2.05, 4.69) is 10.1 Å². The van der Waals surface area contributed by atoms with Gasteiger partial charge < -0.3 is 4.90 Å². The fourth-order valence-corrected chi connectivity index (χ4v) is 4.95. The molecule has 2 atom stereocenters. The van der Waals surface area contributed by atoms with Crippen LogP contribution in [0, 0.1) is 0 Å². The molecule has 0 bridgehead atoms. The number of nitrogens with zero attached hydrogens (tertiary/aromatic N) is 2. The summed E-state index contributed by atoms with van der Waals surface area (Å²) < 4.78 is 29.4. The van der Waals surface area contributed by atoms with Crippen LogP contribution in [0.2, 0.25) is 0 Å². The van der Waals surface area contributed by atoms with Gasteiger partial charge in [-0.15, -0.1) is 0 Å². The molecule has 0 aromatic carbocycles. The van der Waals surface area contributed by atoms with Crippen LogP contribution in [0.5, 0.6) is 0 Å². The smallest absolute Gasteiger partial charge is 0.279 e. The lowest BCUT2D eigenvalue weighted by Crippen LogP contribution is -2.49. The molecular weight excluding hydrogens is 306 g/mol. The average molecular weight is 332 g/mol. The minimum absolute atomic E-state index is 0.0612. The normalized spacial score (nSPS) is 22.6. The molecule has 1 N–H and O–H groups in total. The van der Waals surface area contributed by atoms with Gasteiger partial charge in [-0.2, -0.15) is 24.1 Å². The Bertz CT molecular complexity index is 528. The number of thiophene rings is 1. The quantitative estimate of drug-likeness (QED) is 0.868. The summed E-state index contributed by atoms with van der Waals surface area (Å²) in [4.78, 5) is 2.05. The van der Waals surface area contributed by atoms with Gasteiger partial charge in [0, 0.05) is 25.2 Å². The third-order valence-corrected chi connectivity index (χ3v) is 6.45. The zero-order chi connectivity index (χ0) is 15.5. The third-order valence-electron chi connectivity index (χ3n) is 4.06. The van der Waals surface area contributed by atoms with Crippen LogP contribution in [0.1, 0.15) is 37.8 Å². The summed E-state index contributed by atoms with van der Waals surface area (Å²) in [6, 6.07) is 2.20. The standard InChI is InChI=1S/C14H25N3O2S2/c1-12-6-4-5-8-17(12)21(18,19)15-10-14(16(2)3)13-7-9-20-11-13/h7,9,11-12,14-15H,4-6,8,10H2,1-3H3/t12-,14+/m0/s1. The highest BCUT2D eigenvalue weighted by atomic mass is 32.2. The minimum atomic E-state index is -3.39. The highest BCUT2D eigenvalue weighted by Gasteiger charge is 2.30. The van der Waals surface area contributed by atoms with Gasteiger partial charge in [0.15, 0.2) is 0 Å². The Morgan fingerprint density at radius 2 is 2.24 bits per heavy atom. The number of nitrogens with one attached hydrogen (secondary N) is 1. The fourth-order valence-electron chi connectivity index (χ4n) is 2.76. The van der Waals surface area contributed by atoms with Gasteiger partial charge in [-0.05, 0) is 56.3 Å². The maximum atomic E-state index is 12.5. The van der Waals surface area contributed by atoms with E-state index < -0.39 is 10.2 Å². The SMILES string of the molecule is C[C@H]1CCCCN1S(=O)(=O)NC[C@H](c1ccsc1)N(C)C. The van der Waals surface area contributed by atoms with Crippen molar-refractivity contribution in [1.82, 2.24) is 13.9 Å². The van der Waals surface area contributed by atoms with Crippen LogP contribution in [0.3, 0.4) is 0 Å². The Labute approximate surface area is 132 Å². The molecule has 1 aliphatic heterocycles. The van der Waals surface area contributed by atoms with Crippen molar-refractivity contribution in [2.75, 3.05) is 27.2 Å². The van der Waals surface area contributed by atoms with Crippen molar-refractivity contribution in [2.45, 2.75) is 38.3 Å². The van der Waals surface area contributed by atoms with Crippen molar-refractivity contribution in [1.29, 1.82) is 0 Å². The van der Waals surface area contributed by atoms with Crippen molar-refractivity contribution in [3.8, 4) is 0 Å². The molecule has 0 spiro atoms. The molecule has 7 heteroatoms. The lowest BCUT2D eigenvalue weighted by Gasteiger charge is -2.33. The van der Waals surface area contributed by atoms with E-state index in [0.717, 1.165) is 24.8 Å². The number of hydrogen-bond acceptors (Lipinski definition) is 4. The van der Waals surface area contributed by atoms with Gasteiger partial charge in [0.05, 0.1) is 0 Å².